The predicted molar refractivity (Wildman–Crippen MR) is 66.9 cm³/mol. The van der Waals surface area contributed by atoms with Gasteiger partial charge in [-0.3, -0.25) is 15.0 Å². The Kier molecular flexibility index (Phi) is 4.60. The van der Waals surface area contributed by atoms with Crippen molar-refractivity contribution in [3.63, 3.8) is 0 Å². The normalized spacial score (nSPS) is 19.9. The third-order valence-corrected chi connectivity index (χ3v) is 3.09. The highest BCUT2D eigenvalue weighted by Gasteiger charge is 2.23. The molecule has 6 nitrogen and oxygen atoms in total. The van der Waals surface area contributed by atoms with Gasteiger partial charge in [-0.1, -0.05) is 0 Å². The summed E-state index contributed by atoms with van der Waals surface area (Å²) < 4.78 is 0. The third kappa shape index (κ3) is 3.75. The van der Waals surface area contributed by atoms with Gasteiger partial charge in [-0.15, -0.1) is 0 Å². The number of rotatable bonds is 5. The molecule has 1 aromatic rings. The zero-order chi connectivity index (χ0) is 12.8. The van der Waals surface area contributed by atoms with Crippen molar-refractivity contribution < 1.29 is 9.90 Å². The molecule has 1 fully saturated rings. The third-order valence-electron chi connectivity index (χ3n) is 3.09. The fourth-order valence-electron chi connectivity index (χ4n) is 2.21. The minimum atomic E-state index is -0.0918. The molecule has 18 heavy (non-hydrogen) atoms. The van der Waals surface area contributed by atoms with Gasteiger partial charge in [0.15, 0.2) is 0 Å². The predicted octanol–water partition coefficient (Wildman–Crippen LogP) is 0.119. The van der Waals surface area contributed by atoms with Gasteiger partial charge in [0.1, 0.15) is 0 Å². The number of hydrogen-bond donors (Lipinski definition) is 2. The van der Waals surface area contributed by atoms with Crippen molar-refractivity contribution in [1.82, 2.24) is 14.9 Å². The van der Waals surface area contributed by atoms with Crippen LogP contribution in [0.1, 0.15) is 12.8 Å². The lowest BCUT2D eigenvalue weighted by Crippen LogP contribution is -2.32. The monoisotopic (exact) mass is 250 g/mol. The maximum Gasteiger partial charge on any atom is 0.240 e. The summed E-state index contributed by atoms with van der Waals surface area (Å²) in [5, 5.41) is 11.5. The van der Waals surface area contributed by atoms with E-state index < -0.39 is 0 Å². The van der Waals surface area contributed by atoms with E-state index in [4.69, 9.17) is 5.11 Å². The van der Waals surface area contributed by atoms with Gasteiger partial charge in [-0.05, 0) is 31.4 Å². The van der Waals surface area contributed by atoms with Gasteiger partial charge < -0.3 is 5.11 Å². The molecule has 2 rings (SSSR count). The van der Waals surface area contributed by atoms with Crippen molar-refractivity contribution in [3.8, 4) is 0 Å². The van der Waals surface area contributed by atoms with E-state index in [9.17, 15) is 4.79 Å². The Morgan fingerprint density at radius 2 is 2.28 bits per heavy atom. The molecule has 98 valence electrons. The van der Waals surface area contributed by atoms with Gasteiger partial charge in [0.25, 0.3) is 0 Å². The first-order chi connectivity index (χ1) is 8.78. The molecule has 1 atom stereocenters. The maximum absolute atomic E-state index is 11.8. The van der Waals surface area contributed by atoms with Crippen LogP contribution < -0.4 is 5.32 Å². The molecule has 0 radical (unpaired) electrons. The van der Waals surface area contributed by atoms with Crippen molar-refractivity contribution in [2.45, 2.75) is 12.8 Å². The van der Waals surface area contributed by atoms with Gasteiger partial charge in [0.2, 0.25) is 11.9 Å². The molecule has 1 unspecified atom stereocenters. The summed E-state index contributed by atoms with van der Waals surface area (Å²) in [6, 6.07) is 1.70. The summed E-state index contributed by atoms with van der Waals surface area (Å²) in [4.78, 5) is 21.7. The number of nitrogens with zero attached hydrogens (tertiary/aromatic N) is 3. The van der Waals surface area contributed by atoms with E-state index in [0.29, 0.717) is 18.4 Å². The maximum atomic E-state index is 11.8. The fraction of sp³-hybridized carbons (Fsp3) is 0.583. The van der Waals surface area contributed by atoms with E-state index in [2.05, 4.69) is 20.2 Å². The van der Waals surface area contributed by atoms with Crippen LogP contribution in [0, 0.1) is 5.92 Å². The van der Waals surface area contributed by atoms with Crippen molar-refractivity contribution in [2.24, 2.45) is 5.92 Å². The number of aliphatic hydroxyl groups excluding tert-OH is 1. The second kappa shape index (κ2) is 6.42. The molecule has 1 aliphatic rings. The molecule has 0 saturated carbocycles. The van der Waals surface area contributed by atoms with Gasteiger partial charge in [-0.25, -0.2) is 9.97 Å². The van der Waals surface area contributed by atoms with Crippen LogP contribution in [-0.4, -0.2) is 52.1 Å². The Hall–Kier alpha value is -1.53. The summed E-state index contributed by atoms with van der Waals surface area (Å²) >= 11 is 0. The van der Waals surface area contributed by atoms with Crippen molar-refractivity contribution in [3.05, 3.63) is 18.5 Å². The average Bonchev–Trinajstić information content (AvgIpc) is 2.78. The SMILES string of the molecule is O=C(CN1CCC(CCO)C1)Nc1ncccn1. The smallest absolute Gasteiger partial charge is 0.240 e. The zero-order valence-electron chi connectivity index (χ0n) is 10.2. The topological polar surface area (TPSA) is 78.4 Å². The van der Waals surface area contributed by atoms with Crippen LogP contribution in [0.3, 0.4) is 0 Å². The number of aliphatic hydroxyl groups is 1. The Balaban J connectivity index is 1.75. The number of amides is 1. The van der Waals surface area contributed by atoms with E-state index >= 15 is 0 Å². The van der Waals surface area contributed by atoms with Gasteiger partial charge >= 0.3 is 0 Å². The minimum absolute atomic E-state index is 0.0918. The average molecular weight is 250 g/mol. The van der Waals surface area contributed by atoms with Crippen LogP contribution in [-0.2, 0) is 4.79 Å². The molecule has 0 aliphatic carbocycles. The number of aromatic nitrogens is 2. The molecule has 0 bridgehead atoms. The molecule has 0 aromatic carbocycles. The van der Waals surface area contributed by atoms with Crippen LogP contribution in [0.4, 0.5) is 5.95 Å². The van der Waals surface area contributed by atoms with Crippen molar-refractivity contribution >= 4 is 11.9 Å². The molecule has 2 heterocycles. The van der Waals surface area contributed by atoms with Crippen LogP contribution in [0.25, 0.3) is 0 Å². The van der Waals surface area contributed by atoms with E-state index in [1.165, 1.54) is 0 Å². The standard InChI is InChI=1S/C12H18N4O2/c17-7-3-10-2-6-16(8-10)9-11(18)15-12-13-4-1-5-14-12/h1,4-5,10,17H,2-3,6-9H2,(H,13,14,15,18). The second-order valence-corrected chi connectivity index (χ2v) is 4.52. The molecule has 6 heteroatoms. The largest absolute Gasteiger partial charge is 0.396 e. The van der Waals surface area contributed by atoms with Crippen molar-refractivity contribution in [2.75, 3.05) is 31.6 Å². The highest BCUT2D eigenvalue weighted by atomic mass is 16.3. The Labute approximate surface area is 106 Å². The molecule has 2 N–H and O–H groups in total. The van der Waals surface area contributed by atoms with Gasteiger partial charge in [0, 0.05) is 25.5 Å². The molecule has 1 amide bonds. The molecule has 0 spiro atoms. The molecule has 1 saturated heterocycles. The summed E-state index contributed by atoms with van der Waals surface area (Å²) in [5.41, 5.74) is 0. The number of carbonyl (C=O) groups is 1. The van der Waals surface area contributed by atoms with Crippen molar-refractivity contribution in [1.29, 1.82) is 0 Å². The molecule has 1 aromatic heterocycles. The molecular formula is C12H18N4O2. The Morgan fingerprint density at radius 1 is 1.50 bits per heavy atom. The number of nitrogens with one attached hydrogen (secondary N) is 1. The van der Waals surface area contributed by atoms with Crippen LogP contribution in [0.2, 0.25) is 0 Å². The quantitative estimate of drug-likeness (QED) is 0.776. The Bertz CT molecular complexity index is 385. The zero-order valence-corrected chi connectivity index (χ0v) is 10.2. The van der Waals surface area contributed by atoms with Crippen LogP contribution >= 0.6 is 0 Å². The minimum Gasteiger partial charge on any atom is -0.396 e. The number of hydrogen-bond acceptors (Lipinski definition) is 5. The molecule has 1 aliphatic heterocycles. The number of carbonyl (C=O) groups excluding carboxylic acids is 1. The summed E-state index contributed by atoms with van der Waals surface area (Å²) in [7, 11) is 0. The van der Waals surface area contributed by atoms with E-state index in [1.807, 2.05) is 0 Å². The second-order valence-electron chi connectivity index (χ2n) is 4.52. The first-order valence-corrected chi connectivity index (χ1v) is 6.18. The lowest BCUT2D eigenvalue weighted by Gasteiger charge is -2.14. The lowest BCUT2D eigenvalue weighted by atomic mass is 10.1. The van der Waals surface area contributed by atoms with Crippen LogP contribution in [0.15, 0.2) is 18.5 Å². The summed E-state index contributed by atoms with van der Waals surface area (Å²) in [5.74, 6) is 0.759. The fourth-order valence-corrected chi connectivity index (χ4v) is 2.21. The number of anilines is 1. The first kappa shape index (κ1) is 12.9. The van der Waals surface area contributed by atoms with Gasteiger partial charge in [-0.2, -0.15) is 0 Å². The first-order valence-electron chi connectivity index (χ1n) is 6.18. The summed E-state index contributed by atoms with van der Waals surface area (Å²) in [6.07, 6.45) is 5.06. The van der Waals surface area contributed by atoms with E-state index in [-0.39, 0.29) is 12.5 Å². The van der Waals surface area contributed by atoms with Crippen LogP contribution in [0.5, 0.6) is 0 Å². The lowest BCUT2D eigenvalue weighted by molar-refractivity contribution is -0.117. The van der Waals surface area contributed by atoms with Gasteiger partial charge in [0.05, 0.1) is 6.54 Å². The van der Waals surface area contributed by atoms with E-state index in [0.717, 1.165) is 25.9 Å². The Morgan fingerprint density at radius 3 is 3.00 bits per heavy atom. The highest BCUT2D eigenvalue weighted by Crippen LogP contribution is 2.18. The number of likely N-dealkylation sites (tertiary alicyclic amines) is 1. The highest BCUT2D eigenvalue weighted by molar-refractivity contribution is 5.90. The van der Waals surface area contributed by atoms with E-state index in [1.54, 1.807) is 18.5 Å². The summed E-state index contributed by atoms with van der Waals surface area (Å²) in [6.45, 7) is 2.38. The molecular weight excluding hydrogens is 232 g/mol.